The Hall–Kier alpha value is -0.250. The fourth-order valence-corrected chi connectivity index (χ4v) is 2.79. The highest BCUT2D eigenvalue weighted by atomic mass is 127. The van der Waals surface area contributed by atoms with Crippen molar-refractivity contribution in [3.63, 3.8) is 0 Å². The number of halogens is 1. The minimum absolute atomic E-state index is 0.604. The normalized spacial score (nSPS) is 10.6. The van der Waals surface area contributed by atoms with Crippen molar-refractivity contribution in [1.82, 2.24) is 0 Å². The zero-order valence-electron chi connectivity index (χ0n) is 8.63. The Morgan fingerprint density at radius 3 is 2.31 bits per heavy atom. The van der Waals surface area contributed by atoms with E-state index in [0.29, 0.717) is 5.92 Å². The summed E-state index contributed by atoms with van der Waals surface area (Å²) in [5.41, 5.74) is 2.75. The van der Waals surface area contributed by atoms with Gasteiger partial charge in [0.2, 0.25) is 0 Å². The third-order valence-electron chi connectivity index (χ3n) is 2.11. The first-order valence-electron chi connectivity index (χ1n) is 4.49. The van der Waals surface area contributed by atoms with E-state index in [1.165, 1.54) is 14.8 Å². The maximum Gasteiger partial charge on any atom is 0.0499 e. The summed E-state index contributed by atoms with van der Waals surface area (Å²) in [6.07, 6.45) is 0. The van der Waals surface area contributed by atoms with Crippen LogP contribution >= 0.6 is 22.6 Å². The predicted octanol–water partition coefficient (Wildman–Crippen LogP) is 3.48. The summed E-state index contributed by atoms with van der Waals surface area (Å²) in [7, 11) is 4.17. The lowest BCUT2D eigenvalue weighted by Gasteiger charge is -2.18. The highest BCUT2D eigenvalue weighted by Crippen LogP contribution is 2.28. The van der Waals surface area contributed by atoms with Crippen LogP contribution in [0.1, 0.15) is 25.3 Å². The van der Waals surface area contributed by atoms with Crippen molar-refractivity contribution in [2.24, 2.45) is 0 Å². The van der Waals surface area contributed by atoms with E-state index in [1.807, 2.05) is 0 Å². The zero-order valence-corrected chi connectivity index (χ0v) is 10.8. The van der Waals surface area contributed by atoms with E-state index >= 15 is 0 Å². The molecule has 0 saturated carbocycles. The van der Waals surface area contributed by atoms with Crippen LogP contribution in [-0.4, -0.2) is 14.1 Å². The van der Waals surface area contributed by atoms with E-state index in [4.69, 9.17) is 0 Å². The lowest BCUT2D eigenvalue weighted by molar-refractivity contribution is 0.858. The standard InChI is InChI=1S/C11H16IN/c1-8(2)9-6-5-7-10(11(9)12)13(3)4/h5-8H,1-4H3. The smallest absolute Gasteiger partial charge is 0.0499 e. The van der Waals surface area contributed by atoms with Gasteiger partial charge in [-0.3, -0.25) is 0 Å². The molecule has 0 unspecified atom stereocenters. The van der Waals surface area contributed by atoms with Gasteiger partial charge in [-0.25, -0.2) is 0 Å². The summed E-state index contributed by atoms with van der Waals surface area (Å²) < 4.78 is 1.38. The van der Waals surface area contributed by atoms with Crippen LogP contribution in [0.4, 0.5) is 5.69 Å². The van der Waals surface area contributed by atoms with Gasteiger partial charge in [-0.1, -0.05) is 26.0 Å². The van der Waals surface area contributed by atoms with Crippen molar-refractivity contribution < 1.29 is 0 Å². The molecule has 13 heavy (non-hydrogen) atoms. The Morgan fingerprint density at radius 1 is 1.23 bits per heavy atom. The number of anilines is 1. The van der Waals surface area contributed by atoms with Gasteiger partial charge in [0.05, 0.1) is 0 Å². The monoisotopic (exact) mass is 289 g/mol. The fourth-order valence-electron chi connectivity index (χ4n) is 1.33. The van der Waals surface area contributed by atoms with Gasteiger partial charge >= 0.3 is 0 Å². The summed E-state index contributed by atoms with van der Waals surface area (Å²) in [5.74, 6) is 0.604. The van der Waals surface area contributed by atoms with Gasteiger partial charge < -0.3 is 4.90 Å². The zero-order chi connectivity index (χ0) is 10.0. The molecular weight excluding hydrogens is 273 g/mol. The molecule has 72 valence electrons. The molecule has 1 aromatic rings. The van der Waals surface area contributed by atoms with Crippen LogP contribution in [0, 0.1) is 3.57 Å². The summed E-state index contributed by atoms with van der Waals surface area (Å²) in [5, 5.41) is 0. The molecule has 1 aromatic carbocycles. The minimum atomic E-state index is 0.604. The molecule has 0 amide bonds. The van der Waals surface area contributed by atoms with Crippen molar-refractivity contribution in [3.05, 3.63) is 27.3 Å². The second-order valence-electron chi connectivity index (χ2n) is 3.73. The molecule has 1 nitrogen and oxygen atoms in total. The summed E-state index contributed by atoms with van der Waals surface area (Å²) in [6.45, 7) is 4.47. The van der Waals surface area contributed by atoms with Crippen molar-refractivity contribution >= 4 is 28.3 Å². The molecule has 0 bridgehead atoms. The molecule has 0 N–H and O–H groups in total. The predicted molar refractivity (Wildman–Crippen MR) is 67.6 cm³/mol. The average Bonchev–Trinajstić information content (AvgIpc) is 2.03. The van der Waals surface area contributed by atoms with Gasteiger partial charge in [0.15, 0.2) is 0 Å². The van der Waals surface area contributed by atoms with Crippen LogP contribution in [0.25, 0.3) is 0 Å². The van der Waals surface area contributed by atoms with Crippen molar-refractivity contribution in [2.75, 3.05) is 19.0 Å². The second kappa shape index (κ2) is 4.31. The second-order valence-corrected chi connectivity index (χ2v) is 4.81. The van der Waals surface area contributed by atoms with Gasteiger partial charge in [-0.15, -0.1) is 0 Å². The van der Waals surface area contributed by atoms with Crippen molar-refractivity contribution in [1.29, 1.82) is 0 Å². The summed E-state index contributed by atoms with van der Waals surface area (Å²) in [6, 6.07) is 6.50. The highest BCUT2D eigenvalue weighted by Gasteiger charge is 2.08. The van der Waals surface area contributed by atoms with Crippen LogP contribution < -0.4 is 4.90 Å². The molecule has 0 atom stereocenters. The molecule has 2 heteroatoms. The van der Waals surface area contributed by atoms with E-state index in [0.717, 1.165) is 0 Å². The largest absolute Gasteiger partial charge is 0.377 e. The first-order chi connectivity index (χ1) is 6.04. The Labute approximate surface area is 94.3 Å². The number of hydrogen-bond donors (Lipinski definition) is 0. The SMILES string of the molecule is CC(C)c1cccc(N(C)C)c1I. The molecule has 0 aliphatic heterocycles. The van der Waals surface area contributed by atoms with Gasteiger partial charge in [0.25, 0.3) is 0 Å². The van der Waals surface area contributed by atoms with Gasteiger partial charge in [0.1, 0.15) is 0 Å². The summed E-state index contributed by atoms with van der Waals surface area (Å²) in [4.78, 5) is 2.16. The van der Waals surface area contributed by atoms with E-state index < -0.39 is 0 Å². The van der Waals surface area contributed by atoms with Crippen LogP contribution in [-0.2, 0) is 0 Å². The number of hydrogen-bond acceptors (Lipinski definition) is 1. The van der Waals surface area contributed by atoms with Gasteiger partial charge in [-0.2, -0.15) is 0 Å². The van der Waals surface area contributed by atoms with Crippen molar-refractivity contribution in [2.45, 2.75) is 19.8 Å². The van der Waals surface area contributed by atoms with Gasteiger partial charge in [-0.05, 0) is 40.1 Å². The first kappa shape index (κ1) is 10.8. The van der Waals surface area contributed by atoms with Crippen molar-refractivity contribution in [3.8, 4) is 0 Å². The van der Waals surface area contributed by atoms with E-state index in [-0.39, 0.29) is 0 Å². The highest BCUT2D eigenvalue weighted by molar-refractivity contribution is 14.1. The Kier molecular flexibility index (Phi) is 3.59. The number of benzene rings is 1. The minimum Gasteiger partial charge on any atom is -0.377 e. The third-order valence-corrected chi connectivity index (χ3v) is 3.29. The molecular formula is C11H16IN. The maximum atomic E-state index is 2.43. The van der Waals surface area contributed by atoms with Gasteiger partial charge in [0, 0.05) is 23.4 Å². The fraction of sp³-hybridized carbons (Fsp3) is 0.455. The number of nitrogens with zero attached hydrogens (tertiary/aromatic N) is 1. The van der Waals surface area contributed by atoms with Crippen LogP contribution in [0.2, 0.25) is 0 Å². The maximum absolute atomic E-state index is 2.43. The quantitative estimate of drug-likeness (QED) is 0.753. The molecule has 1 rings (SSSR count). The molecule has 0 heterocycles. The Balaban J connectivity index is 3.18. The Bertz CT molecular complexity index is 266. The topological polar surface area (TPSA) is 3.24 Å². The van der Waals surface area contributed by atoms with Crippen LogP contribution in [0.3, 0.4) is 0 Å². The molecule has 0 spiro atoms. The molecule has 0 aliphatic carbocycles. The molecule has 0 radical (unpaired) electrons. The van der Waals surface area contributed by atoms with Crippen LogP contribution in [0.5, 0.6) is 0 Å². The third kappa shape index (κ3) is 2.36. The first-order valence-corrected chi connectivity index (χ1v) is 5.57. The van der Waals surface area contributed by atoms with Crippen LogP contribution in [0.15, 0.2) is 18.2 Å². The molecule has 0 aromatic heterocycles. The lowest BCUT2D eigenvalue weighted by Crippen LogP contribution is -2.11. The van der Waals surface area contributed by atoms with E-state index in [2.05, 4.69) is 73.6 Å². The Morgan fingerprint density at radius 2 is 1.85 bits per heavy atom. The molecule has 0 fully saturated rings. The average molecular weight is 289 g/mol. The van der Waals surface area contributed by atoms with E-state index in [1.54, 1.807) is 0 Å². The van der Waals surface area contributed by atoms with E-state index in [9.17, 15) is 0 Å². The summed E-state index contributed by atoms with van der Waals surface area (Å²) >= 11 is 2.43. The molecule has 0 saturated heterocycles. The lowest BCUT2D eigenvalue weighted by atomic mass is 10.0. The molecule has 0 aliphatic rings. The number of rotatable bonds is 2.